The first-order valence-electron chi connectivity index (χ1n) is 9.53. The topological polar surface area (TPSA) is 72.5 Å². The lowest BCUT2D eigenvalue weighted by molar-refractivity contribution is 0.102. The third kappa shape index (κ3) is 4.85. The number of nitrogens with one attached hydrogen (secondary N) is 1. The van der Waals surface area contributed by atoms with E-state index in [1.165, 1.54) is 12.3 Å². The van der Waals surface area contributed by atoms with Crippen molar-refractivity contribution in [1.82, 2.24) is 0 Å². The molecule has 4 rings (SSSR count). The number of ketones is 1. The minimum absolute atomic E-state index is 0.177. The Hall–Kier alpha value is -3.83. The highest BCUT2D eigenvalue weighted by molar-refractivity contribution is 6.30. The fourth-order valence-electron chi connectivity index (χ4n) is 3.03. The van der Waals surface area contributed by atoms with E-state index in [1.54, 1.807) is 55.5 Å². The minimum Gasteiger partial charge on any atom is -0.469 e. The monoisotopic (exact) mass is 431 g/mol. The fraction of sp³-hybridized carbons (Fsp3) is 0.0400. The van der Waals surface area contributed by atoms with Crippen LogP contribution in [-0.2, 0) is 0 Å². The number of halogens is 1. The van der Waals surface area contributed by atoms with Gasteiger partial charge in [0, 0.05) is 21.8 Å². The molecule has 154 valence electrons. The van der Waals surface area contributed by atoms with Gasteiger partial charge in [-0.05, 0) is 73.7 Å². The third-order valence-corrected chi connectivity index (χ3v) is 4.90. The highest BCUT2D eigenvalue weighted by Crippen LogP contribution is 2.25. The van der Waals surface area contributed by atoms with E-state index in [2.05, 4.69) is 5.32 Å². The SMILES string of the molecule is Cc1occc1C(=O)Nc1ccc(C(=O)/C=C/c2ccc(-c3cccc(Cl)c3)o2)cc1. The molecule has 4 aromatic rings. The maximum Gasteiger partial charge on any atom is 0.259 e. The minimum atomic E-state index is -0.265. The lowest BCUT2D eigenvalue weighted by atomic mass is 10.1. The largest absolute Gasteiger partial charge is 0.469 e. The van der Waals surface area contributed by atoms with E-state index in [0.29, 0.717) is 39.1 Å². The molecule has 0 fully saturated rings. The number of furan rings is 2. The number of carbonyl (C=O) groups is 2. The zero-order chi connectivity index (χ0) is 21.8. The van der Waals surface area contributed by atoms with Crippen molar-refractivity contribution < 1.29 is 18.4 Å². The Bertz CT molecular complexity index is 1260. The van der Waals surface area contributed by atoms with Crippen molar-refractivity contribution in [2.24, 2.45) is 0 Å². The summed E-state index contributed by atoms with van der Waals surface area (Å²) in [5.74, 6) is 1.33. The van der Waals surface area contributed by atoms with Gasteiger partial charge >= 0.3 is 0 Å². The van der Waals surface area contributed by atoms with Gasteiger partial charge < -0.3 is 14.2 Å². The number of hydrogen-bond donors (Lipinski definition) is 1. The second kappa shape index (κ2) is 8.90. The molecule has 1 N–H and O–H groups in total. The summed E-state index contributed by atoms with van der Waals surface area (Å²) in [5, 5.41) is 3.40. The third-order valence-electron chi connectivity index (χ3n) is 4.67. The van der Waals surface area contributed by atoms with E-state index in [1.807, 2.05) is 24.3 Å². The van der Waals surface area contributed by atoms with Crippen molar-refractivity contribution in [1.29, 1.82) is 0 Å². The van der Waals surface area contributed by atoms with Crippen LogP contribution in [0.4, 0.5) is 5.69 Å². The molecule has 0 unspecified atom stereocenters. The van der Waals surface area contributed by atoms with E-state index < -0.39 is 0 Å². The van der Waals surface area contributed by atoms with E-state index in [0.717, 1.165) is 5.56 Å². The molecule has 0 aliphatic rings. The second-order valence-electron chi connectivity index (χ2n) is 6.83. The lowest BCUT2D eigenvalue weighted by Gasteiger charge is -2.05. The van der Waals surface area contributed by atoms with E-state index in [-0.39, 0.29) is 11.7 Å². The van der Waals surface area contributed by atoms with Crippen molar-refractivity contribution in [3.05, 3.63) is 107 Å². The number of benzene rings is 2. The van der Waals surface area contributed by atoms with Crippen molar-refractivity contribution in [2.75, 3.05) is 5.32 Å². The van der Waals surface area contributed by atoms with Crippen molar-refractivity contribution in [2.45, 2.75) is 6.92 Å². The van der Waals surface area contributed by atoms with E-state index >= 15 is 0 Å². The summed E-state index contributed by atoms with van der Waals surface area (Å²) < 4.78 is 10.9. The molecule has 0 aliphatic carbocycles. The second-order valence-corrected chi connectivity index (χ2v) is 7.27. The maximum absolute atomic E-state index is 12.5. The van der Waals surface area contributed by atoms with Crippen LogP contribution in [0.1, 0.15) is 32.2 Å². The molecule has 31 heavy (non-hydrogen) atoms. The average molecular weight is 432 g/mol. The van der Waals surface area contributed by atoms with Crippen LogP contribution in [0.5, 0.6) is 0 Å². The summed E-state index contributed by atoms with van der Waals surface area (Å²) in [4.78, 5) is 24.7. The van der Waals surface area contributed by atoms with Gasteiger partial charge in [-0.3, -0.25) is 9.59 Å². The van der Waals surface area contributed by atoms with Gasteiger partial charge in [-0.2, -0.15) is 0 Å². The van der Waals surface area contributed by atoms with Gasteiger partial charge in [-0.25, -0.2) is 0 Å². The van der Waals surface area contributed by atoms with E-state index in [4.69, 9.17) is 20.4 Å². The summed E-state index contributed by atoms with van der Waals surface area (Å²) in [6, 6.07) is 19.3. The van der Waals surface area contributed by atoms with Gasteiger partial charge in [-0.15, -0.1) is 0 Å². The Kier molecular flexibility index (Phi) is 5.87. The van der Waals surface area contributed by atoms with Gasteiger partial charge in [0.25, 0.3) is 5.91 Å². The molecule has 1 amide bonds. The molecular formula is C25H18ClNO4. The molecule has 2 aromatic carbocycles. The Morgan fingerprint density at radius 3 is 2.52 bits per heavy atom. The van der Waals surface area contributed by atoms with Crippen LogP contribution in [0.15, 0.2) is 87.9 Å². The zero-order valence-electron chi connectivity index (χ0n) is 16.6. The molecule has 0 spiro atoms. The average Bonchev–Trinajstić information content (AvgIpc) is 3.41. The van der Waals surface area contributed by atoms with Crippen LogP contribution in [-0.4, -0.2) is 11.7 Å². The Labute approximate surface area is 184 Å². The number of amides is 1. The summed E-state index contributed by atoms with van der Waals surface area (Å²) >= 11 is 6.02. The smallest absolute Gasteiger partial charge is 0.259 e. The van der Waals surface area contributed by atoms with Crippen LogP contribution < -0.4 is 5.32 Å². The molecule has 0 aliphatic heterocycles. The number of allylic oxidation sites excluding steroid dienone is 1. The first-order chi connectivity index (χ1) is 15.0. The van der Waals surface area contributed by atoms with Crippen LogP contribution >= 0.6 is 11.6 Å². The lowest BCUT2D eigenvalue weighted by Crippen LogP contribution is -2.12. The van der Waals surface area contributed by atoms with Crippen LogP contribution in [0.2, 0.25) is 5.02 Å². The van der Waals surface area contributed by atoms with Gasteiger partial charge in [-0.1, -0.05) is 23.7 Å². The molecule has 6 heteroatoms. The Morgan fingerprint density at radius 2 is 1.81 bits per heavy atom. The summed E-state index contributed by atoms with van der Waals surface area (Å²) in [5.41, 5.74) is 2.42. The molecule has 5 nitrogen and oxygen atoms in total. The number of carbonyl (C=O) groups excluding carboxylic acids is 2. The first-order valence-corrected chi connectivity index (χ1v) is 9.91. The number of hydrogen-bond acceptors (Lipinski definition) is 4. The molecular weight excluding hydrogens is 414 g/mol. The molecule has 2 heterocycles. The summed E-state index contributed by atoms with van der Waals surface area (Å²) in [6.07, 6.45) is 4.53. The van der Waals surface area contributed by atoms with E-state index in [9.17, 15) is 9.59 Å². The molecule has 0 bridgehead atoms. The molecule has 0 atom stereocenters. The Balaban J connectivity index is 1.40. The molecule has 0 saturated carbocycles. The fourth-order valence-corrected chi connectivity index (χ4v) is 3.22. The predicted octanol–water partition coefficient (Wildman–Crippen LogP) is 6.65. The highest BCUT2D eigenvalue weighted by atomic mass is 35.5. The highest BCUT2D eigenvalue weighted by Gasteiger charge is 2.12. The van der Waals surface area contributed by atoms with Gasteiger partial charge in [0.2, 0.25) is 0 Å². The number of rotatable bonds is 6. The van der Waals surface area contributed by atoms with Crippen molar-refractivity contribution in [3.8, 4) is 11.3 Å². The molecule has 2 aromatic heterocycles. The first kappa shape index (κ1) is 20.4. The molecule has 0 saturated heterocycles. The van der Waals surface area contributed by atoms with Gasteiger partial charge in [0.15, 0.2) is 5.78 Å². The van der Waals surface area contributed by atoms with Gasteiger partial charge in [0.1, 0.15) is 17.3 Å². The van der Waals surface area contributed by atoms with Crippen LogP contribution in [0.3, 0.4) is 0 Å². The molecule has 0 radical (unpaired) electrons. The Morgan fingerprint density at radius 1 is 1.00 bits per heavy atom. The predicted molar refractivity (Wildman–Crippen MR) is 120 cm³/mol. The zero-order valence-corrected chi connectivity index (χ0v) is 17.3. The summed E-state index contributed by atoms with van der Waals surface area (Å²) in [6.45, 7) is 1.72. The number of anilines is 1. The van der Waals surface area contributed by atoms with Crippen molar-refractivity contribution >= 4 is 35.1 Å². The van der Waals surface area contributed by atoms with Gasteiger partial charge in [0.05, 0.1) is 11.8 Å². The standard InChI is InChI=1S/C25H18ClNO4/c1-16-22(13-14-30-16)25(29)27-20-7-5-17(6-8-20)23(28)11-9-21-10-12-24(31-21)18-3-2-4-19(26)15-18/h2-15H,1H3,(H,27,29)/b11-9+. The van der Waals surface area contributed by atoms with Crippen LogP contribution in [0, 0.1) is 6.92 Å². The summed E-state index contributed by atoms with van der Waals surface area (Å²) in [7, 11) is 0. The number of aryl methyl sites for hydroxylation is 1. The van der Waals surface area contributed by atoms with Crippen molar-refractivity contribution in [3.63, 3.8) is 0 Å². The maximum atomic E-state index is 12.5. The normalized spacial score (nSPS) is 11.0. The quantitative estimate of drug-likeness (QED) is 0.274. The van der Waals surface area contributed by atoms with Crippen LogP contribution in [0.25, 0.3) is 17.4 Å².